The molecular weight excluding hydrogens is 534 g/mol. The lowest BCUT2D eigenvalue weighted by molar-refractivity contribution is 0.0984. The number of aromatic nitrogens is 4. The van der Waals surface area contributed by atoms with E-state index in [1.165, 1.54) is 51.8 Å². The van der Waals surface area contributed by atoms with Crippen molar-refractivity contribution in [2.24, 2.45) is 0 Å². The van der Waals surface area contributed by atoms with Gasteiger partial charge >= 0.3 is 0 Å². The maximum atomic E-state index is 15.2. The summed E-state index contributed by atoms with van der Waals surface area (Å²) in [6, 6.07) is 13.2. The van der Waals surface area contributed by atoms with Crippen molar-refractivity contribution in [3.05, 3.63) is 89.4 Å². The molecule has 0 fully saturated rings. The number of rotatable bonds is 9. The van der Waals surface area contributed by atoms with Gasteiger partial charge in [-0.2, -0.15) is 5.10 Å². The van der Waals surface area contributed by atoms with Gasteiger partial charge in [-0.1, -0.05) is 18.2 Å². The minimum Gasteiger partial charge on any atom is -0.494 e. The number of ether oxygens (including phenoxy) is 4. The third-order valence-corrected chi connectivity index (χ3v) is 6.31. The van der Waals surface area contributed by atoms with Crippen LogP contribution in [0.1, 0.15) is 21.7 Å². The van der Waals surface area contributed by atoms with Crippen molar-refractivity contribution in [2.45, 2.75) is 13.3 Å². The maximum Gasteiger partial charge on any atom is 0.257 e. The molecule has 0 aliphatic heterocycles. The Kier molecular flexibility index (Phi) is 7.68. The summed E-state index contributed by atoms with van der Waals surface area (Å²) >= 11 is 0. The van der Waals surface area contributed by atoms with E-state index in [1.54, 1.807) is 37.3 Å². The Balaban J connectivity index is 1.41. The topological polar surface area (TPSA) is 106 Å². The lowest BCUT2D eigenvalue weighted by Crippen LogP contribution is -2.12. The summed E-state index contributed by atoms with van der Waals surface area (Å²) in [5.41, 5.74) is 2.83. The Morgan fingerprint density at radius 2 is 1.63 bits per heavy atom. The van der Waals surface area contributed by atoms with Crippen molar-refractivity contribution in [2.75, 3.05) is 21.3 Å². The number of methoxy groups -OCH3 is 3. The lowest BCUT2D eigenvalue weighted by Gasteiger charge is -2.14. The van der Waals surface area contributed by atoms with Gasteiger partial charge in [0.1, 0.15) is 11.3 Å². The van der Waals surface area contributed by atoms with Crippen LogP contribution in [0.15, 0.2) is 60.8 Å². The highest BCUT2D eigenvalue weighted by atomic mass is 19.1. The number of Topliss-reactive ketones (excluding diaryl/α,β-unsaturated/α-hetero) is 1. The van der Waals surface area contributed by atoms with Crippen LogP contribution in [0, 0.1) is 18.6 Å². The Morgan fingerprint density at radius 1 is 0.854 bits per heavy atom. The first-order chi connectivity index (χ1) is 19.8. The molecule has 0 spiro atoms. The quantitative estimate of drug-likeness (QED) is 0.204. The average molecular weight is 559 g/mol. The van der Waals surface area contributed by atoms with Gasteiger partial charge in [0.15, 0.2) is 40.3 Å². The molecule has 5 aromatic rings. The number of pyridine rings is 2. The molecule has 0 aliphatic rings. The number of benzene rings is 2. The van der Waals surface area contributed by atoms with E-state index in [2.05, 4.69) is 20.2 Å². The molecule has 0 atom stereocenters. The summed E-state index contributed by atoms with van der Waals surface area (Å²) in [6.07, 6.45) is 1.33. The van der Waals surface area contributed by atoms with Gasteiger partial charge in [-0.25, -0.2) is 13.8 Å². The molecule has 0 bridgehead atoms. The van der Waals surface area contributed by atoms with Crippen molar-refractivity contribution in [1.29, 1.82) is 0 Å². The highest BCUT2D eigenvalue weighted by molar-refractivity contribution is 6.00. The van der Waals surface area contributed by atoms with Crippen LogP contribution in [0.3, 0.4) is 0 Å². The second-order valence-corrected chi connectivity index (χ2v) is 8.89. The molecule has 3 heterocycles. The number of hydrogen-bond donors (Lipinski definition) is 0. The molecule has 0 radical (unpaired) electrons. The van der Waals surface area contributed by atoms with Crippen LogP contribution in [0.2, 0.25) is 0 Å². The van der Waals surface area contributed by atoms with E-state index in [0.29, 0.717) is 39.2 Å². The van der Waals surface area contributed by atoms with Gasteiger partial charge in [-0.05, 0) is 42.3 Å². The van der Waals surface area contributed by atoms with E-state index >= 15 is 4.39 Å². The van der Waals surface area contributed by atoms with Gasteiger partial charge in [0, 0.05) is 30.3 Å². The summed E-state index contributed by atoms with van der Waals surface area (Å²) < 4.78 is 50.5. The second-order valence-electron chi connectivity index (χ2n) is 8.89. The summed E-state index contributed by atoms with van der Waals surface area (Å²) in [5.74, 6) is -0.506. The zero-order valence-electron chi connectivity index (χ0n) is 22.6. The van der Waals surface area contributed by atoms with Crippen LogP contribution in [0.5, 0.6) is 28.9 Å². The molecular formula is C30H24F2N4O5. The minimum atomic E-state index is -0.685. The number of aryl methyl sites for hydroxylation is 1. The van der Waals surface area contributed by atoms with Crippen molar-refractivity contribution < 1.29 is 32.5 Å². The molecule has 0 saturated heterocycles. The van der Waals surface area contributed by atoms with Gasteiger partial charge in [0.2, 0.25) is 0 Å². The SMILES string of the molecule is COc1cc2nccc(Oc3ccc(CC(=O)c4nnc(C)c(-c5ccc(F)cc5)c4OC)cc3F)c2nc1OC. The minimum absolute atomic E-state index is 0.0168. The highest BCUT2D eigenvalue weighted by Crippen LogP contribution is 2.36. The summed E-state index contributed by atoms with van der Waals surface area (Å²) in [7, 11) is 4.35. The van der Waals surface area contributed by atoms with Gasteiger partial charge in [-0.3, -0.25) is 9.78 Å². The second kappa shape index (κ2) is 11.5. The van der Waals surface area contributed by atoms with Crippen LogP contribution < -0.4 is 18.9 Å². The number of carbonyl (C=O) groups excluding carboxylic acids is 1. The molecule has 11 heteroatoms. The number of ketones is 1. The first-order valence-corrected chi connectivity index (χ1v) is 12.4. The van der Waals surface area contributed by atoms with Gasteiger partial charge < -0.3 is 18.9 Å². The smallest absolute Gasteiger partial charge is 0.257 e. The zero-order valence-corrected chi connectivity index (χ0v) is 22.6. The van der Waals surface area contributed by atoms with E-state index in [9.17, 15) is 9.18 Å². The number of carbonyl (C=O) groups is 1. The Bertz CT molecular complexity index is 1760. The largest absolute Gasteiger partial charge is 0.494 e. The Hall–Kier alpha value is -5.19. The highest BCUT2D eigenvalue weighted by Gasteiger charge is 2.23. The molecule has 3 aromatic heterocycles. The third-order valence-electron chi connectivity index (χ3n) is 6.31. The van der Waals surface area contributed by atoms with E-state index in [4.69, 9.17) is 18.9 Å². The van der Waals surface area contributed by atoms with Crippen molar-refractivity contribution in [1.82, 2.24) is 20.2 Å². The normalized spacial score (nSPS) is 10.9. The van der Waals surface area contributed by atoms with Crippen LogP contribution in [-0.4, -0.2) is 47.3 Å². The van der Waals surface area contributed by atoms with Crippen molar-refractivity contribution >= 4 is 16.8 Å². The first-order valence-electron chi connectivity index (χ1n) is 12.4. The molecule has 2 aromatic carbocycles. The monoisotopic (exact) mass is 558 g/mol. The molecule has 0 N–H and O–H groups in total. The van der Waals surface area contributed by atoms with E-state index in [0.717, 1.165) is 0 Å². The predicted octanol–water partition coefficient (Wildman–Crippen LogP) is 5.92. The zero-order chi connectivity index (χ0) is 29.1. The van der Waals surface area contributed by atoms with Crippen molar-refractivity contribution in [3.63, 3.8) is 0 Å². The number of nitrogens with zero attached hydrogens (tertiary/aromatic N) is 4. The molecule has 0 unspecified atom stereocenters. The standard InChI is InChI=1S/C30H24F2N4O5/c1-16-26(18-6-8-19(31)9-7-18)29(39-3)28(36-35-16)22(37)14-17-5-10-23(20(32)13-17)41-24-11-12-33-21-15-25(38-2)30(40-4)34-27(21)24/h5-13,15H,14H2,1-4H3. The van der Waals surface area contributed by atoms with E-state index in [-0.39, 0.29) is 35.2 Å². The van der Waals surface area contributed by atoms with Crippen LogP contribution in [0.25, 0.3) is 22.2 Å². The summed E-state index contributed by atoms with van der Waals surface area (Å²) in [6.45, 7) is 1.71. The van der Waals surface area contributed by atoms with Crippen LogP contribution in [0.4, 0.5) is 8.78 Å². The predicted molar refractivity (Wildman–Crippen MR) is 146 cm³/mol. The molecule has 0 aliphatic carbocycles. The number of hydrogen-bond acceptors (Lipinski definition) is 9. The van der Waals surface area contributed by atoms with Crippen LogP contribution >= 0.6 is 0 Å². The molecule has 0 saturated carbocycles. The third kappa shape index (κ3) is 5.46. The molecule has 9 nitrogen and oxygen atoms in total. The molecule has 5 rings (SSSR count). The average Bonchev–Trinajstić information content (AvgIpc) is 2.98. The molecule has 41 heavy (non-hydrogen) atoms. The number of halogens is 2. The fourth-order valence-corrected chi connectivity index (χ4v) is 4.35. The lowest BCUT2D eigenvalue weighted by atomic mass is 9.99. The maximum absolute atomic E-state index is 15.2. The Morgan fingerprint density at radius 3 is 2.32 bits per heavy atom. The van der Waals surface area contributed by atoms with Crippen molar-refractivity contribution in [3.8, 4) is 40.0 Å². The first kappa shape index (κ1) is 27.4. The van der Waals surface area contributed by atoms with Crippen LogP contribution in [-0.2, 0) is 6.42 Å². The molecule has 208 valence electrons. The molecule has 0 amide bonds. The summed E-state index contributed by atoms with van der Waals surface area (Å²) in [5, 5.41) is 8.16. The fraction of sp³-hybridized carbons (Fsp3) is 0.167. The summed E-state index contributed by atoms with van der Waals surface area (Å²) in [4.78, 5) is 21.9. The van der Waals surface area contributed by atoms with Gasteiger partial charge in [-0.15, -0.1) is 5.10 Å². The van der Waals surface area contributed by atoms with E-state index < -0.39 is 17.4 Å². The number of fused-ring (bicyclic) bond motifs is 1. The van der Waals surface area contributed by atoms with Gasteiger partial charge in [0.05, 0.1) is 32.5 Å². The Labute approximate surface area is 233 Å². The van der Waals surface area contributed by atoms with Gasteiger partial charge in [0.25, 0.3) is 5.88 Å². The van der Waals surface area contributed by atoms with E-state index in [1.807, 2.05) is 0 Å². The fourth-order valence-electron chi connectivity index (χ4n) is 4.35.